The van der Waals surface area contributed by atoms with Crippen molar-refractivity contribution in [3.05, 3.63) is 11.6 Å². The number of nitrogens with two attached hydrogens (primary N) is 1. The van der Waals surface area contributed by atoms with E-state index in [0.717, 1.165) is 4.90 Å². The maximum absolute atomic E-state index is 11.7. The molecule has 6 heteroatoms. The third kappa shape index (κ3) is 5.14. The van der Waals surface area contributed by atoms with Crippen LogP contribution in [0, 0.1) is 0 Å². The molecule has 0 atom stereocenters. The predicted molar refractivity (Wildman–Crippen MR) is 57.5 cm³/mol. The summed E-state index contributed by atoms with van der Waals surface area (Å²) < 4.78 is 0. The molecule has 0 aliphatic carbocycles. The number of hydrogen-bond donors (Lipinski definition) is 2. The van der Waals surface area contributed by atoms with Crippen LogP contribution in [0.1, 0.15) is 20.3 Å². The first-order valence-corrected chi connectivity index (χ1v) is 4.84. The quantitative estimate of drug-likeness (QED) is 0.611. The molecule has 0 bridgehead atoms. The highest BCUT2D eigenvalue weighted by Gasteiger charge is 2.19. The minimum atomic E-state index is -1.18. The maximum Gasteiger partial charge on any atom is 0.323 e. The summed E-state index contributed by atoms with van der Waals surface area (Å²) in [5.74, 6) is -2.40. The van der Waals surface area contributed by atoms with Gasteiger partial charge in [-0.05, 0) is 13.3 Å². The molecule has 0 aliphatic heterocycles. The van der Waals surface area contributed by atoms with Gasteiger partial charge >= 0.3 is 5.97 Å². The van der Waals surface area contributed by atoms with E-state index in [0.29, 0.717) is 12.0 Å². The van der Waals surface area contributed by atoms with Crippen molar-refractivity contribution in [1.29, 1.82) is 0 Å². The van der Waals surface area contributed by atoms with Gasteiger partial charge in [-0.3, -0.25) is 14.4 Å². The summed E-state index contributed by atoms with van der Waals surface area (Å²) >= 11 is 0. The lowest BCUT2D eigenvalue weighted by Gasteiger charge is -2.19. The summed E-state index contributed by atoms with van der Waals surface area (Å²) in [5.41, 5.74) is 5.34. The highest BCUT2D eigenvalue weighted by Crippen LogP contribution is 2.02. The number of nitrogens with zero attached hydrogens (tertiary/aromatic N) is 1. The monoisotopic (exact) mass is 228 g/mol. The van der Waals surface area contributed by atoms with Crippen molar-refractivity contribution < 1.29 is 19.5 Å². The van der Waals surface area contributed by atoms with E-state index in [1.807, 2.05) is 6.92 Å². The molecule has 0 spiro atoms. The van der Waals surface area contributed by atoms with E-state index in [1.165, 1.54) is 0 Å². The van der Waals surface area contributed by atoms with Gasteiger partial charge in [0.25, 0.3) is 0 Å². The molecule has 90 valence electrons. The van der Waals surface area contributed by atoms with Crippen molar-refractivity contribution in [3.8, 4) is 0 Å². The predicted octanol–water partition coefficient (Wildman–Crippen LogP) is -0.259. The first-order valence-electron chi connectivity index (χ1n) is 4.84. The first-order chi connectivity index (χ1) is 7.38. The highest BCUT2D eigenvalue weighted by molar-refractivity contribution is 5.96. The average Bonchev–Trinajstić information content (AvgIpc) is 2.14. The molecule has 0 saturated heterocycles. The SMILES string of the molecule is CC/C=C(/C)C(=O)N(CC(N)=O)CC(=O)O. The topological polar surface area (TPSA) is 101 Å². The molecule has 2 amide bonds. The van der Waals surface area contributed by atoms with Crippen LogP contribution in [0.3, 0.4) is 0 Å². The van der Waals surface area contributed by atoms with Crippen LogP contribution in [0.4, 0.5) is 0 Å². The molecular weight excluding hydrogens is 212 g/mol. The van der Waals surface area contributed by atoms with Gasteiger partial charge in [-0.2, -0.15) is 0 Å². The smallest absolute Gasteiger partial charge is 0.323 e. The molecule has 16 heavy (non-hydrogen) atoms. The third-order valence-electron chi connectivity index (χ3n) is 1.81. The molecule has 0 aliphatic rings. The zero-order valence-electron chi connectivity index (χ0n) is 9.40. The number of carboxylic acid groups (broad SMARTS) is 1. The minimum absolute atomic E-state index is 0.389. The lowest BCUT2D eigenvalue weighted by molar-refractivity contribution is -0.144. The number of hydrogen-bond acceptors (Lipinski definition) is 3. The van der Waals surface area contributed by atoms with Gasteiger partial charge in [0.05, 0.1) is 0 Å². The Morgan fingerprint density at radius 2 is 1.88 bits per heavy atom. The lowest BCUT2D eigenvalue weighted by atomic mass is 10.2. The zero-order valence-corrected chi connectivity index (χ0v) is 9.40. The lowest BCUT2D eigenvalue weighted by Crippen LogP contribution is -2.41. The van der Waals surface area contributed by atoms with Crippen molar-refractivity contribution in [1.82, 2.24) is 4.90 Å². The largest absolute Gasteiger partial charge is 0.480 e. The van der Waals surface area contributed by atoms with Crippen molar-refractivity contribution >= 4 is 17.8 Å². The Balaban J connectivity index is 4.74. The number of aliphatic carboxylic acids is 1. The fourth-order valence-electron chi connectivity index (χ4n) is 1.19. The number of primary amides is 1. The van der Waals surface area contributed by atoms with Gasteiger partial charge in [0, 0.05) is 5.57 Å². The number of carbonyl (C=O) groups is 3. The summed E-state index contributed by atoms with van der Waals surface area (Å²) in [4.78, 5) is 33.8. The third-order valence-corrected chi connectivity index (χ3v) is 1.81. The standard InChI is InChI=1S/C10H16N2O4/c1-3-4-7(2)10(16)12(5-8(11)13)6-9(14)15/h4H,3,5-6H2,1-2H3,(H2,11,13)(H,14,15)/b7-4-. The minimum Gasteiger partial charge on any atom is -0.480 e. The van der Waals surface area contributed by atoms with E-state index in [4.69, 9.17) is 10.8 Å². The van der Waals surface area contributed by atoms with Crippen LogP contribution in [-0.2, 0) is 14.4 Å². The van der Waals surface area contributed by atoms with Gasteiger partial charge in [0.1, 0.15) is 13.1 Å². The zero-order chi connectivity index (χ0) is 12.7. The molecule has 0 aromatic heterocycles. The Morgan fingerprint density at radius 1 is 1.31 bits per heavy atom. The second kappa shape index (κ2) is 6.60. The molecule has 0 heterocycles. The molecule has 3 N–H and O–H groups in total. The van der Waals surface area contributed by atoms with Crippen LogP contribution in [-0.4, -0.2) is 40.9 Å². The van der Waals surface area contributed by atoms with Gasteiger partial charge in [-0.1, -0.05) is 13.0 Å². The fourth-order valence-corrected chi connectivity index (χ4v) is 1.19. The van der Waals surface area contributed by atoms with Crippen molar-refractivity contribution in [2.24, 2.45) is 5.73 Å². The van der Waals surface area contributed by atoms with E-state index in [1.54, 1.807) is 13.0 Å². The Bertz CT molecular complexity index is 307. The van der Waals surface area contributed by atoms with Gasteiger partial charge in [0.15, 0.2) is 0 Å². The molecule has 0 fully saturated rings. The van der Waals surface area contributed by atoms with Gasteiger partial charge < -0.3 is 15.7 Å². The Hall–Kier alpha value is -1.85. The number of rotatable bonds is 6. The molecular formula is C10H16N2O4. The van der Waals surface area contributed by atoms with Crippen molar-refractivity contribution in [2.75, 3.05) is 13.1 Å². The summed E-state index contributed by atoms with van der Waals surface area (Å²) in [5, 5.41) is 8.59. The highest BCUT2D eigenvalue weighted by atomic mass is 16.4. The van der Waals surface area contributed by atoms with E-state index >= 15 is 0 Å². The van der Waals surface area contributed by atoms with E-state index < -0.39 is 24.3 Å². The Kier molecular flexibility index (Phi) is 5.84. The van der Waals surface area contributed by atoms with Crippen molar-refractivity contribution in [3.63, 3.8) is 0 Å². The van der Waals surface area contributed by atoms with Crippen LogP contribution < -0.4 is 5.73 Å². The second-order valence-electron chi connectivity index (χ2n) is 3.32. The van der Waals surface area contributed by atoms with Crippen LogP contribution in [0.2, 0.25) is 0 Å². The van der Waals surface area contributed by atoms with Crippen LogP contribution in [0.5, 0.6) is 0 Å². The summed E-state index contributed by atoms with van der Waals surface area (Å²) in [7, 11) is 0. The number of carbonyl (C=O) groups excluding carboxylic acids is 2. The summed E-state index contributed by atoms with van der Waals surface area (Å²) in [6.45, 7) is 2.50. The van der Waals surface area contributed by atoms with E-state index in [-0.39, 0.29) is 6.54 Å². The molecule has 0 rings (SSSR count). The second-order valence-corrected chi connectivity index (χ2v) is 3.32. The van der Waals surface area contributed by atoms with Gasteiger partial charge in [-0.25, -0.2) is 0 Å². The van der Waals surface area contributed by atoms with Gasteiger partial charge in [0.2, 0.25) is 11.8 Å². The van der Waals surface area contributed by atoms with E-state index in [2.05, 4.69) is 0 Å². The van der Waals surface area contributed by atoms with Crippen LogP contribution in [0.25, 0.3) is 0 Å². The molecule has 0 aromatic carbocycles. The Labute approximate surface area is 93.7 Å². The molecule has 0 unspecified atom stereocenters. The molecule has 0 aromatic rings. The van der Waals surface area contributed by atoms with Crippen LogP contribution in [0.15, 0.2) is 11.6 Å². The normalized spacial score (nSPS) is 11.0. The fraction of sp³-hybridized carbons (Fsp3) is 0.500. The maximum atomic E-state index is 11.7. The average molecular weight is 228 g/mol. The number of allylic oxidation sites excluding steroid dienone is 1. The number of amides is 2. The Morgan fingerprint density at radius 3 is 2.25 bits per heavy atom. The van der Waals surface area contributed by atoms with E-state index in [9.17, 15) is 14.4 Å². The first kappa shape index (κ1) is 14.2. The molecule has 6 nitrogen and oxygen atoms in total. The summed E-state index contributed by atoms with van der Waals surface area (Å²) in [6.07, 6.45) is 2.33. The van der Waals surface area contributed by atoms with Crippen molar-refractivity contribution in [2.45, 2.75) is 20.3 Å². The van der Waals surface area contributed by atoms with Crippen LogP contribution >= 0.6 is 0 Å². The number of carboxylic acids is 1. The molecule has 0 saturated carbocycles. The molecule has 0 radical (unpaired) electrons. The summed E-state index contributed by atoms with van der Waals surface area (Å²) in [6, 6.07) is 0. The van der Waals surface area contributed by atoms with Gasteiger partial charge in [-0.15, -0.1) is 0 Å².